The van der Waals surface area contributed by atoms with Crippen LogP contribution in [-0.4, -0.2) is 11.3 Å². The van der Waals surface area contributed by atoms with Crippen LogP contribution in [0.4, 0.5) is 0 Å². The molecule has 2 nitrogen and oxygen atoms in total. The van der Waals surface area contributed by atoms with Gasteiger partial charge in [0.1, 0.15) is 5.01 Å². The maximum Gasteiger partial charge on any atom is 0.211 e. The van der Waals surface area contributed by atoms with Gasteiger partial charge in [-0.1, -0.05) is 0 Å². The summed E-state index contributed by atoms with van der Waals surface area (Å²) in [7, 11) is 0. The fraction of sp³-hybridized carbons (Fsp3) is 0.429. The van der Waals surface area contributed by atoms with E-state index in [0.29, 0.717) is 0 Å². The van der Waals surface area contributed by atoms with Crippen molar-refractivity contribution in [3.05, 3.63) is 16.6 Å². The number of thiazole rings is 1. The lowest BCUT2D eigenvalue weighted by Crippen LogP contribution is -2.17. The van der Waals surface area contributed by atoms with Crippen LogP contribution in [0, 0.1) is 0 Å². The molecule has 53 valence electrons. The average molecular weight is 154 g/mol. The molecule has 1 radical (unpaired) electrons. The predicted octanol–water partition coefficient (Wildman–Crippen LogP) is 1.53. The maximum atomic E-state index is 10.4. The lowest BCUT2D eigenvalue weighted by atomic mass is 9.97. The molecule has 0 unspecified atom stereocenters. The minimum atomic E-state index is -0.534. The van der Waals surface area contributed by atoms with Crippen LogP contribution in [0.3, 0.4) is 0 Å². The summed E-state index contributed by atoms with van der Waals surface area (Å²) in [6, 6.07) is 0. The van der Waals surface area contributed by atoms with Gasteiger partial charge in [-0.25, -0.2) is 4.98 Å². The topological polar surface area (TPSA) is 30.0 Å². The van der Waals surface area contributed by atoms with Crippen molar-refractivity contribution in [2.75, 3.05) is 0 Å². The van der Waals surface area contributed by atoms with Gasteiger partial charge in [0.05, 0.1) is 5.41 Å². The van der Waals surface area contributed by atoms with Crippen molar-refractivity contribution in [2.45, 2.75) is 19.3 Å². The van der Waals surface area contributed by atoms with Crippen LogP contribution >= 0.6 is 11.3 Å². The van der Waals surface area contributed by atoms with Gasteiger partial charge in [0.15, 0.2) is 0 Å². The van der Waals surface area contributed by atoms with Gasteiger partial charge < -0.3 is 0 Å². The van der Waals surface area contributed by atoms with E-state index in [9.17, 15) is 4.79 Å². The highest BCUT2D eigenvalue weighted by Crippen LogP contribution is 2.21. The molecule has 0 atom stereocenters. The van der Waals surface area contributed by atoms with Gasteiger partial charge in [0.2, 0.25) is 6.29 Å². The molecule has 0 saturated heterocycles. The Labute approximate surface area is 63.9 Å². The SMILES string of the molecule is CC(C)([C]=O)c1nccs1. The van der Waals surface area contributed by atoms with Crippen LogP contribution < -0.4 is 0 Å². The first kappa shape index (κ1) is 7.41. The summed E-state index contributed by atoms with van der Waals surface area (Å²) in [6.07, 6.45) is 3.64. The van der Waals surface area contributed by atoms with E-state index in [1.54, 1.807) is 20.0 Å². The number of aromatic nitrogens is 1. The molecule has 10 heavy (non-hydrogen) atoms. The summed E-state index contributed by atoms with van der Waals surface area (Å²) >= 11 is 1.48. The Balaban J connectivity index is 2.95. The van der Waals surface area contributed by atoms with E-state index in [1.807, 2.05) is 11.7 Å². The Bertz CT molecular complexity index is 216. The third-order valence-electron chi connectivity index (χ3n) is 1.22. The molecule has 0 aliphatic heterocycles. The molecular weight excluding hydrogens is 146 g/mol. The molecule has 0 saturated carbocycles. The van der Waals surface area contributed by atoms with Crippen molar-refractivity contribution in [3.8, 4) is 0 Å². The highest BCUT2D eigenvalue weighted by Gasteiger charge is 2.22. The van der Waals surface area contributed by atoms with Crippen molar-refractivity contribution < 1.29 is 4.79 Å². The minimum absolute atomic E-state index is 0.534. The first-order valence-corrected chi connectivity index (χ1v) is 3.84. The smallest absolute Gasteiger partial charge is 0.211 e. The molecule has 1 aromatic heterocycles. The van der Waals surface area contributed by atoms with Gasteiger partial charge in [0.25, 0.3) is 0 Å². The Kier molecular flexibility index (Phi) is 1.85. The number of nitrogens with zero attached hydrogens (tertiary/aromatic N) is 1. The molecule has 0 spiro atoms. The Morgan fingerprint density at radius 3 is 2.80 bits per heavy atom. The van der Waals surface area contributed by atoms with Crippen molar-refractivity contribution in [3.63, 3.8) is 0 Å². The van der Waals surface area contributed by atoms with E-state index < -0.39 is 5.41 Å². The molecule has 0 aromatic carbocycles. The van der Waals surface area contributed by atoms with Crippen LogP contribution in [0.25, 0.3) is 0 Å². The third-order valence-corrected chi connectivity index (χ3v) is 2.32. The Morgan fingerprint density at radius 1 is 1.70 bits per heavy atom. The van der Waals surface area contributed by atoms with Crippen molar-refractivity contribution in [1.29, 1.82) is 0 Å². The Morgan fingerprint density at radius 2 is 2.40 bits per heavy atom. The monoisotopic (exact) mass is 154 g/mol. The fourth-order valence-electron chi connectivity index (χ4n) is 0.576. The predicted molar refractivity (Wildman–Crippen MR) is 40.8 cm³/mol. The maximum absolute atomic E-state index is 10.4. The van der Waals surface area contributed by atoms with E-state index in [0.717, 1.165) is 5.01 Å². The molecule has 1 aromatic rings. The van der Waals surface area contributed by atoms with E-state index in [1.165, 1.54) is 11.3 Å². The lowest BCUT2D eigenvalue weighted by molar-refractivity contribution is 0.516. The van der Waals surface area contributed by atoms with Crippen LogP contribution in [0.5, 0.6) is 0 Å². The second-order valence-electron chi connectivity index (χ2n) is 2.56. The third kappa shape index (κ3) is 1.24. The first-order chi connectivity index (χ1) is 4.67. The summed E-state index contributed by atoms with van der Waals surface area (Å²) in [6.45, 7) is 3.61. The second-order valence-corrected chi connectivity index (χ2v) is 3.46. The lowest BCUT2D eigenvalue weighted by Gasteiger charge is -2.09. The van der Waals surface area contributed by atoms with Crippen LogP contribution in [0.15, 0.2) is 11.6 Å². The summed E-state index contributed by atoms with van der Waals surface area (Å²) in [4.78, 5) is 14.4. The zero-order valence-corrected chi connectivity index (χ0v) is 6.73. The highest BCUT2D eigenvalue weighted by atomic mass is 32.1. The molecule has 1 rings (SSSR count). The molecule has 3 heteroatoms. The normalized spacial score (nSPS) is 11.4. The van der Waals surface area contributed by atoms with Crippen molar-refractivity contribution >= 4 is 17.6 Å². The summed E-state index contributed by atoms with van der Waals surface area (Å²) in [5, 5.41) is 2.68. The molecular formula is C7H8NOS. The van der Waals surface area contributed by atoms with E-state index in [2.05, 4.69) is 4.98 Å². The van der Waals surface area contributed by atoms with E-state index >= 15 is 0 Å². The standard InChI is InChI=1S/C7H8NOS/c1-7(2,5-9)6-8-3-4-10-6/h3-4H,1-2H3. The van der Waals surface area contributed by atoms with Crippen molar-refractivity contribution in [2.24, 2.45) is 0 Å². The highest BCUT2D eigenvalue weighted by molar-refractivity contribution is 7.09. The first-order valence-electron chi connectivity index (χ1n) is 2.96. The zero-order valence-electron chi connectivity index (χ0n) is 5.92. The average Bonchev–Trinajstić information content (AvgIpc) is 2.38. The van der Waals surface area contributed by atoms with Crippen LogP contribution in [0.2, 0.25) is 0 Å². The van der Waals surface area contributed by atoms with Crippen molar-refractivity contribution in [1.82, 2.24) is 4.98 Å². The zero-order chi connectivity index (χ0) is 7.61. The summed E-state index contributed by atoms with van der Waals surface area (Å²) in [5.74, 6) is 0. The fourth-order valence-corrected chi connectivity index (χ4v) is 1.28. The van der Waals surface area contributed by atoms with E-state index in [4.69, 9.17) is 0 Å². The summed E-state index contributed by atoms with van der Waals surface area (Å²) < 4.78 is 0. The Hall–Kier alpha value is -0.700. The molecule has 0 bridgehead atoms. The molecule has 0 N–H and O–H groups in total. The number of hydrogen-bond acceptors (Lipinski definition) is 3. The molecule has 0 amide bonds. The van der Waals surface area contributed by atoms with E-state index in [-0.39, 0.29) is 0 Å². The quantitative estimate of drug-likeness (QED) is 0.646. The summed E-state index contributed by atoms with van der Waals surface area (Å²) in [5.41, 5.74) is -0.534. The minimum Gasteiger partial charge on any atom is -0.290 e. The molecule has 0 fully saturated rings. The molecule has 0 aliphatic carbocycles. The number of hydrogen-bond donors (Lipinski definition) is 0. The largest absolute Gasteiger partial charge is 0.290 e. The molecule has 1 heterocycles. The number of carbonyl (C=O) groups excluding carboxylic acids is 1. The van der Waals surface area contributed by atoms with Crippen LogP contribution in [-0.2, 0) is 10.2 Å². The second kappa shape index (κ2) is 2.50. The van der Waals surface area contributed by atoms with Gasteiger partial charge in [-0.05, 0) is 13.8 Å². The van der Waals surface area contributed by atoms with Gasteiger partial charge >= 0.3 is 0 Å². The van der Waals surface area contributed by atoms with Gasteiger partial charge in [-0.3, -0.25) is 4.79 Å². The molecule has 0 aliphatic rings. The van der Waals surface area contributed by atoms with Crippen LogP contribution in [0.1, 0.15) is 18.9 Å². The number of rotatable bonds is 2. The van der Waals surface area contributed by atoms with Gasteiger partial charge in [0, 0.05) is 11.6 Å². The van der Waals surface area contributed by atoms with Gasteiger partial charge in [-0.15, -0.1) is 11.3 Å². The van der Waals surface area contributed by atoms with Gasteiger partial charge in [-0.2, -0.15) is 0 Å².